The van der Waals surface area contributed by atoms with Crippen LogP contribution < -0.4 is 10.1 Å². The molecule has 0 spiro atoms. The highest BCUT2D eigenvalue weighted by atomic mass is 19.4. The molecule has 1 saturated heterocycles. The maximum Gasteiger partial charge on any atom is 0.422 e. The first-order chi connectivity index (χ1) is 11.5. The molecule has 1 aromatic rings. The zero-order valence-corrected chi connectivity index (χ0v) is 13.7. The van der Waals surface area contributed by atoms with Gasteiger partial charge in [-0.1, -0.05) is 6.07 Å². The van der Waals surface area contributed by atoms with E-state index in [0.717, 1.165) is 11.8 Å². The Morgan fingerprint density at radius 3 is 2.36 bits per heavy atom. The summed E-state index contributed by atoms with van der Waals surface area (Å²) in [6, 6.07) is 4.42. The third-order valence-corrected chi connectivity index (χ3v) is 3.02. The monoisotopic (exact) mass is 359 g/mol. The van der Waals surface area contributed by atoms with Crippen molar-refractivity contribution in [1.29, 1.82) is 0 Å². The third kappa shape index (κ3) is 5.13. The van der Waals surface area contributed by atoms with Crippen LogP contribution in [0.4, 0.5) is 18.9 Å². The lowest BCUT2D eigenvalue weighted by atomic mass is 10.2. The number of hydrogen-bond acceptors (Lipinski definition) is 6. The fourth-order valence-electron chi connectivity index (χ4n) is 1.97. The van der Waals surface area contributed by atoms with E-state index < -0.39 is 36.1 Å². The van der Waals surface area contributed by atoms with E-state index in [1.54, 1.807) is 13.0 Å². The number of halogens is 3. The number of anilines is 1. The molecule has 0 unspecified atom stereocenters. The first kappa shape index (κ1) is 18.6. The molecule has 0 aromatic heterocycles. The number of carbonyl (C=O) groups excluding carboxylic acids is 2. The van der Waals surface area contributed by atoms with Gasteiger partial charge in [0.05, 0.1) is 5.69 Å². The summed E-state index contributed by atoms with van der Waals surface area (Å²) < 4.78 is 51.5. The van der Waals surface area contributed by atoms with Crippen LogP contribution in [0.2, 0.25) is 0 Å². The van der Waals surface area contributed by atoms with Crippen molar-refractivity contribution >= 4 is 17.6 Å². The van der Waals surface area contributed by atoms with Crippen LogP contribution in [0.5, 0.6) is 5.75 Å². The molecule has 25 heavy (non-hydrogen) atoms. The average molecular weight is 359 g/mol. The van der Waals surface area contributed by atoms with E-state index in [0.29, 0.717) is 0 Å². The fourth-order valence-corrected chi connectivity index (χ4v) is 1.97. The molecule has 0 bridgehead atoms. The van der Waals surface area contributed by atoms with Gasteiger partial charge >= 0.3 is 18.1 Å². The lowest BCUT2D eigenvalue weighted by Crippen LogP contribution is -2.42. The molecule has 0 amide bonds. The highest BCUT2D eigenvalue weighted by Crippen LogP contribution is 2.29. The largest absolute Gasteiger partial charge is 0.482 e. The molecule has 0 aliphatic carbocycles. The zero-order valence-electron chi connectivity index (χ0n) is 13.7. The lowest BCUT2D eigenvalue weighted by Gasteiger charge is -2.29. The summed E-state index contributed by atoms with van der Waals surface area (Å²) in [4.78, 5) is 23.7. The van der Waals surface area contributed by atoms with E-state index >= 15 is 0 Å². The minimum atomic E-state index is -4.50. The number of esters is 2. The van der Waals surface area contributed by atoms with E-state index in [-0.39, 0.29) is 11.4 Å². The third-order valence-electron chi connectivity index (χ3n) is 3.02. The van der Waals surface area contributed by atoms with Gasteiger partial charge in [0.2, 0.25) is 0 Å². The van der Waals surface area contributed by atoms with Gasteiger partial charge in [0.1, 0.15) is 5.75 Å². The van der Waals surface area contributed by atoms with Crippen molar-refractivity contribution in [3.05, 3.63) is 35.5 Å². The number of alkyl halides is 3. The van der Waals surface area contributed by atoms with E-state index in [2.05, 4.69) is 5.32 Å². The molecule has 1 fully saturated rings. The number of carbonyl (C=O) groups is 2. The first-order valence-electron chi connectivity index (χ1n) is 7.20. The molecule has 2 rings (SSSR count). The smallest absolute Gasteiger partial charge is 0.422 e. The molecule has 9 heteroatoms. The lowest BCUT2D eigenvalue weighted by molar-refractivity contribution is -0.222. The number of ether oxygens (including phenoxy) is 3. The molecule has 0 atom stereocenters. The van der Waals surface area contributed by atoms with Gasteiger partial charge in [-0.3, -0.25) is 0 Å². The molecule has 1 aromatic carbocycles. The van der Waals surface area contributed by atoms with E-state index in [1.165, 1.54) is 26.0 Å². The minimum Gasteiger partial charge on any atom is -0.482 e. The van der Waals surface area contributed by atoms with Crippen LogP contribution >= 0.6 is 0 Å². The minimum absolute atomic E-state index is 0.0855. The molecule has 1 heterocycles. The SMILES string of the molecule is Cc1ccc(OCC(F)(F)F)c(NC=C2C(=O)OC(C)(C)OC2=O)c1. The summed E-state index contributed by atoms with van der Waals surface area (Å²) in [7, 11) is 0. The summed E-state index contributed by atoms with van der Waals surface area (Å²) >= 11 is 0. The van der Waals surface area contributed by atoms with Crippen molar-refractivity contribution < 1.29 is 37.0 Å². The predicted octanol–water partition coefficient (Wildman–Crippen LogP) is 3.07. The van der Waals surface area contributed by atoms with Crippen LogP contribution in [0.1, 0.15) is 19.4 Å². The van der Waals surface area contributed by atoms with E-state index in [4.69, 9.17) is 14.2 Å². The Bertz CT molecular complexity index is 703. The second-order valence-corrected chi connectivity index (χ2v) is 5.78. The molecule has 6 nitrogen and oxygen atoms in total. The maximum atomic E-state index is 12.3. The molecular weight excluding hydrogens is 343 g/mol. The van der Waals surface area contributed by atoms with Crippen molar-refractivity contribution in [2.75, 3.05) is 11.9 Å². The summed E-state index contributed by atoms with van der Waals surface area (Å²) in [6.07, 6.45) is -3.49. The number of cyclic esters (lactones) is 2. The molecular formula is C16H16F3NO5. The zero-order chi connectivity index (χ0) is 18.8. The number of hydrogen-bond donors (Lipinski definition) is 1. The summed E-state index contributed by atoms with van der Waals surface area (Å²) in [5.41, 5.74) is 0.472. The number of nitrogens with one attached hydrogen (secondary N) is 1. The summed E-state index contributed by atoms with van der Waals surface area (Å²) in [5, 5.41) is 2.59. The van der Waals surface area contributed by atoms with Gasteiger partial charge in [-0.25, -0.2) is 9.59 Å². The second-order valence-electron chi connectivity index (χ2n) is 5.78. The van der Waals surface area contributed by atoms with E-state index in [1.807, 2.05) is 0 Å². The van der Waals surface area contributed by atoms with Crippen LogP contribution in [0.25, 0.3) is 0 Å². The van der Waals surface area contributed by atoms with Crippen LogP contribution in [-0.2, 0) is 19.1 Å². The fraction of sp³-hybridized carbons (Fsp3) is 0.375. The highest BCUT2D eigenvalue weighted by Gasteiger charge is 2.39. The molecule has 0 radical (unpaired) electrons. The maximum absolute atomic E-state index is 12.3. The van der Waals surface area contributed by atoms with Gasteiger partial charge in [-0.2, -0.15) is 13.2 Å². The van der Waals surface area contributed by atoms with Gasteiger partial charge in [0.15, 0.2) is 12.2 Å². The van der Waals surface area contributed by atoms with Crippen LogP contribution in [0.15, 0.2) is 30.0 Å². The van der Waals surface area contributed by atoms with Gasteiger partial charge in [-0.05, 0) is 24.6 Å². The quantitative estimate of drug-likeness (QED) is 0.506. The number of benzene rings is 1. The first-order valence-corrected chi connectivity index (χ1v) is 7.20. The van der Waals surface area contributed by atoms with Crippen molar-refractivity contribution in [1.82, 2.24) is 0 Å². The number of aryl methyl sites for hydroxylation is 1. The van der Waals surface area contributed by atoms with Gasteiger partial charge < -0.3 is 19.5 Å². The molecule has 1 N–H and O–H groups in total. The Morgan fingerprint density at radius 1 is 1.20 bits per heavy atom. The molecule has 0 saturated carbocycles. The molecule has 136 valence electrons. The summed E-state index contributed by atoms with van der Waals surface area (Å²) in [5.74, 6) is -3.27. The van der Waals surface area contributed by atoms with Gasteiger partial charge in [0.25, 0.3) is 5.79 Å². The normalized spacial score (nSPS) is 16.8. The Morgan fingerprint density at radius 2 is 1.80 bits per heavy atom. The van der Waals surface area contributed by atoms with Crippen molar-refractivity contribution in [3.8, 4) is 5.75 Å². The molecule has 1 aliphatic rings. The van der Waals surface area contributed by atoms with Crippen LogP contribution in [0, 0.1) is 6.92 Å². The Labute approximate surface area is 141 Å². The Balaban J connectivity index is 2.20. The summed E-state index contributed by atoms with van der Waals surface area (Å²) in [6.45, 7) is 3.05. The Kier molecular flexibility index (Phi) is 4.96. The van der Waals surface area contributed by atoms with Gasteiger partial charge in [0, 0.05) is 20.0 Å². The van der Waals surface area contributed by atoms with E-state index in [9.17, 15) is 22.8 Å². The number of rotatable bonds is 4. The predicted molar refractivity (Wildman–Crippen MR) is 80.7 cm³/mol. The average Bonchev–Trinajstić information content (AvgIpc) is 2.43. The van der Waals surface area contributed by atoms with Crippen molar-refractivity contribution in [2.24, 2.45) is 0 Å². The Hall–Kier alpha value is -2.71. The second kappa shape index (κ2) is 6.66. The topological polar surface area (TPSA) is 73.9 Å². The standard InChI is InChI=1S/C16H16F3NO5/c1-9-4-5-12(23-8-16(17,18)19)11(6-9)20-7-10-13(21)24-15(2,3)25-14(10)22/h4-7,20H,8H2,1-3H3. The van der Waals surface area contributed by atoms with Gasteiger partial charge in [-0.15, -0.1) is 0 Å². The van der Waals surface area contributed by atoms with Crippen molar-refractivity contribution in [2.45, 2.75) is 32.7 Å². The van der Waals surface area contributed by atoms with Crippen molar-refractivity contribution in [3.63, 3.8) is 0 Å². The molecule has 1 aliphatic heterocycles. The van der Waals surface area contributed by atoms with Crippen LogP contribution in [-0.4, -0.2) is 30.5 Å². The highest BCUT2D eigenvalue weighted by molar-refractivity contribution is 6.15. The van der Waals surface area contributed by atoms with Crippen LogP contribution in [0.3, 0.4) is 0 Å².